The molecule has 2 rings (SSSR count). The molecule has 82 valence electrons. The monoisotopic (exact) mass is 268 g/mol. The Balaban J connectivity index is 2.12. The Morgan fingerprint density at radius 1 is 1.53 bits per heavy atom. The Morgan fingerprint density at radius 3 is 3.00 bits per heavy atom. The van der Waals surface area contributed by atoms with Crippen LogP contribution in [0.15, 0.2) is 18.3 Å². The van der Waals surface area contributed by atoms with Gasteiger partial charge in [0.2, 0.25) is 0 Å². The molecule has 1 saturated heterocycles. The Hall–Kier alpha value is -0.570. The van der Waals surface area contributed by atoms with Crippen LogP contribution in [-0.2, 0) is 0 Å². The molecule has 1 fully saturated rings. The van der Waals surface area contributed by atoms with Crippen molar-refractivity contribution < 1.29 is 0 Å². The van der Waals surface area contributed by atoms with Gasteiger partial charge in [0.15, 0.2) is 0 Å². The van der Waals surface area contributed by atoms with Crippen molar-refractivity contribution in [2.45, 2.75) is 25.1 Å². The zero-order chi connectivity index (χ0) is 10.8. The fourth-order valence-corrected chi connectivity index (χ4v) is 2.54. The van der Waals surface area contributed by atoms with Gasteiger partial charge in [-0.1, -0.05) is 22.9 Å². The van der Waals surface area contributed by atoms with Crippen molar-refractivity contribution in [1.29, 1.82) is 0 Å². The Morgan fingerprint density at radius 2 is 2.33 bits per heavy atom. The molecule has 15 heavy (non-hydrogen) atoms. The molecule has 0 radical (unpaired) electrons. The van der Waals surface area contributed by atoms with Crippen LogP contribution in [0.2, 0.25) is 0 Å². The molecule has 1 aliphatic heterocycles. The molecule has 0 spiro atoms. The number of rotatable bonds is 1. The van der Waals surface area contributed by atoms with Crippen LogP contribution in [0.5, 0.6) is 0 Å². The first kappa shape index (κ1) is 10.9. The van der Waals surface area contributed by atoms with Crippen LogP contribution < -0.4 is 4.90 Å². The maximum atomic E-state index is 4.43. The predicted octanol–water partition coefficient (Wildman–Crippen LogP) is 3.00. The van der Waals surface area contributed by atoms with Gasteiger partial charge in [0.25, 0.3) is 0 Å². The summed E-state index contributed by atoms with van der Waals surface area (Å²) in [4.78, 5) is 7.39. The number of alkyl halides is 1. The molecule has 1 aromatic heterocycles. The normalized spacial score (nSPS) is 26.7. The molecule has 0 bridgehead atoms. The third-order valence-corrected chi connectivity index (χ3v) is 4.28. The fourth-order valence-electron chi connectivity index (χ4n) is 1.92. The molecule has 0 N–H and O–H groups in total. The van der Waals surface area contributed by atoms with Crippen LogP contribution in [-0.4, -0.2) is 22.9 Å². The average molecular weight is 269 g/mol. The number of piperidine rings is 1. The summed E-state index contributed by atoms with van der Waals surface area (Å²) in [7, 11) is 0. The van der Waals surface area contributed by atoms with Gasteiger partial charge in [-0.25, -0.2) is 4.98 Å². The number of pyridine rings is 1. The van der Waals surface area contributed by atoms with Gasteiger partial charge in [0, 0.05) is 24.1 Å². The van der Waals surface area contributed by atoms with Crippen LogP contribution >= 0.6 is 15.9 Å². The standard InChI is InChI=1S/C12H17BrN2/c1-9-3-5-14-12(7-9)15-6-4-10(2)11(13)8-15/h3,5,7,10-11H,4,6,8H2,1-2H3. The first-order valence-corrected chi connectivity index (χ1v) is 6.40. The van der Waals surface area contributed by atoms with Crippen molar-refractivity contribution in [3.8, 4) is 0 Å². The number of aryl methyl sites for hydroxylation is 1. The number of aromatic nitrogens is 1. The smallest absolute Gasteiger partial charge is 0.128 e. The molecule has 1 aliphatic rings. The van der Waals surface area contributed by atoms with E-state index in [0.717, 1.165) is 24.8 Å². The fraction of sp³-hybridized carbons (Fsp3) is 0.583. The molecule has 2 unspecified atom stereocenters. The largest absolute Gasteiger partial charge is 0.355 e. The number of hydrogen-bond donors (Lipinski definition) is 0. The molecule has 0 saturated carbocycles. The molecular formula is C12H17BrN2. The quantitative estimate of drug-likeness (QED) is 0.728. The summed E-state index contributed by atoms with van der Waals surface area (Å²) in [6, 6.07) is 4.21. The molecule has 0 aliphatic carbocycles. The van der Waals surface area contributed by atoms with Gasteiger partial charge in [-0.3, -0.25) is 0 Å². The van der Waals surface area contributed by atoms with Gasteiger partial charge in [-0.05, 0) is 37.0 Å². The summed E-state index contributed by atoms with van der Waals surface area (Å²) in [5.41, 5.74) is 1.28. The second-order valence-electron chi connectivity index (χ2n) is 4.42. The van der Waals surface area contributed by atoms with Crippen molar-refractivity contribution in [2.75, 3.05) is 18.0 Å². The lowest BCUT2D eigenvalue weighted by atomic mass is 9.99. The van der Waals surface area contributed by atoms with E-state index in [9.17, 15) is 0 Å². The van der Waals surface area contributed by atoms with Gasteiger partial charge in [0.05, 0.1) is 0 Å². The van der Waals surface area contributed by atoms with E-state index >= 15 is 0 Å². The van der Waals surface area contributed by atoms with Gasteiger partial charge >= 0.3 is 0 Å². The van der Waals surface area contributed by atoms with Crippen LogP contribution in [0.25, 0.3) is 0 Å². The molecule has 3 heteroatoms. The zero-order valence-corrected chi connectivity index (χ0v) is 10.9. The molecule has 1 aromatic rings. The Kier molecular flexibility index (Phi) is 3.29. The average Bonchev–Trinajstić information content (AvgIpc) is 2.22. The van der Waals surface area contributed by atoms with Crippen molar-refractivity contribution in [3.05, 3.63) is 23.9 Å². The Bertz CT molecular complexity index is 340. The highest BCUT2D eigenvalue weighted by Gasteiger charge is 2.24. The van der Waals surface area contributed by atoms with E-state index in [2.05, 4.69) is 45.7 Å². The SMILES string of the molecule is Cc1ccnc(N2CCC(C)C(Br)C2)c1. The number of anilines is 1. The summed E-state index contributed by atoms with van der Waals surface area (Å²) in [6.45, 7) is 6.61. The lowest BCUT2D eigenvalue weighted by Crippen LogP contribution is -2.40. The van der Waals surface area contributed by atoms with Crippen molar-refractivity contribution in [2.24, 2.45) is 5.92 Å². The number of hydrogen-bond acceptors (Lipinski definition) is 2. The second-order valence-corrected chi connectivity index (χ2v) is 5.60. The maximum absolute atomic E-state index is 4.43. The van der Waals surface area contributed by atoms with E-state index in [1.54, 1.807) is 0 Å². The van der Waals surface area contributed by atoms with E-state index in [4.69, 9.17) is 0 Å². The van der Waals surface area contributed by atoms with Gasteiger partial charge < -0.3 is 4.90 Å². The topological polar surface area (TPSA) is 16.1 Å². The minimum atomic E-state index is 0.591. The maximum Gasteiger partial charge on any atom is 0.128 e. The lowest BCUT2D eigenvalue weighted by molar-refractivity contribution is 0.454. The van der Waals surface area contributed by atoms with E-state index in [1.807, 2.05) is 12.3 Å². The lowest BCUT2D eigenvalue weighted by Gasteiger charge is -2.35. The number of nitrogens with zero attached hydrogens (tertiary/aromatic N) is 2. The van der Waals surface area contributed by atoms with Crippen LogP contribution in [0.4, 0.5) is 5.82 Å². The highest BCUT2D eigenvalue weighted by Crippen LogP contribution is 2.26. The minimum Gasteiger partial charge on any atom is -0.355 e. The van der Waals surface area contributed by atoms with Gasteiger partial charge in [-0.2, -0.15) is 0 Å². The third kappa shape index (κ3) is 2.51. The first-order valence-electron chi connectivity index (χ1n) is 5.48. The predicted molar refractivity (Wildman–Crippen MR) is 67.7 cm³/mol. The highest BCUT2D eigenvalue weighted by molar-refractivity contribution is 9.09. The molecule has 0 amide bonds. The molecule has 2 nitrogen and oxygen atoms in total. The van der Waals surface area contributed by atoms with Crippen molar-refractivity contribution >= 4 is 21.7 Å². The molecular weight excluding hydrogens is 252 g/mol. The van der Waals surface area contributed by atoms with E-state index in [0.29, 0.717) is 4.83 Å². The minimum absolute atomic E-state index is 0.591. The molecule has 2 heterocycles. The second kappa shape index (κ2) is 4.52. The molecule has 0 aromatic carbocycles. The summed E-state index contributed by atoms with van der Waals surface area (Å²) < 4.78 is 0. The van der Waals surface area contributed by atoms with E-state index in [-0.39, 0.29) is 0 Å². The van der Waals surface area contributed by atoms with Gasteiger partial charge in [-0.15, -0.1) is 0 Å². The summed E-state index contributed by atoms with van der Waals surface area (Å²) in [6.07, 6.45) is 3.14. The van der Waals surface area contributed by atoms with Gasteiger partial charge in [0.1, 0.15) is 5.82 Å². The van der Waals surface area contributed by atoms with Crippen molar-refractivity contribution in [1.82, 2.24) is 4.98 Å². The van der Waals surface area contributed by atoms with E-state index in [1.165, 1.54) is 12.0 Å². The van der Waals surface area contributed by atoms with Crippen molar-refractivity contribution in [3.63, 3.8) is 0 Å². The molecule has 2 atom stereocenters. The third-order valence-electron chi connectivity index (χ3n) is 3.09. The summed E-state index contributed by atoms with van der Waals surface area (Å²) >= 11 is 3.74. The first-order chi connectivity index (χ1) is 7.16. The summed E-state index contributed by atoms with van der Waals surface area (Å²) in [5, 5.41) is 0. The summed E-state index contributed by atoms with van der Waals surface area (Å²) in [5.74, 6) is 1.89. The Labute approximate surface area is 99.8 Å². The zero-order valence-electron chi connectivity index (χ0n) is 9.28. The van der Waals surface area contributed by atoms with Crippen LogP contribution in [0.1, 0.15) is 18.9 Å². The van der Waals surface area contributed by atoms with Crippen LogP contribution in [0, 0.1) is 12.8 Å². The highest BCUT2D eigenvalue weighted by atomic mass is 79.9. The van der Waals surface area contributed by atoms with E-state index < -0.39 is 0 Å². The number of halogens is 1. The van der Waals surface area contributed by atoms with Crippen LogP contribution in [0.3, 0.4) is 0 Å².